The number of nitrogens with two attached hydrogens (primary N) is 1. The number of carbonyl (C=O) groups is 1. The van der Waals surface area contributed by atoms with E-state index in [1.807, 2.05) is 13.8 Å². The van der Waals surface area contributed by atoms with E-state index in [4.69, 9.17) is 10.3 Å². The summed E-state index contributed by atoms with van der Waals surface area (Å²) in [5, 5.41) is -0.371. The lowest BCUT2D eigenvalue weighted by Gasteiger charge is -2.11. The van der Waals surface area contributed by atoms with Crippen LogP contribution in [0.25, 0.3) is 0 Å². The van der Waals surface area contributed by atoms with Gasteiger partial charge in [0.25, 0.3) is 16.0 Å². The van der Waals surface area contributed by atoms with Crippen molar-refractivity contribution in [3.8, 4) is 0 Å². The number of sulfonamides is 1. The van der Waals surface area contributed by atoms with Gasteiger partial charge in [-0.2, -0.15) is 8.42 Å². The molecule has 3 rings (SSSR count). The minimum absolute atomic E-state index is 0.0666. The predicted octanol–water partition coefficient (Wildman–Crippen LogP) is 0.964. The second-order valence-corrected chi connectivity index (χ2v) is 10.2. The molecule has 0 heterocycles. The molecular formula is C16H24N2O6S2. The van der Waals surface area contributed by atoms with Crippen molar-refractivity contribution in [2.24, 2.45) is 11.7 Å². The minimum Gasteiger partial charge on any atom is -0.317 e. The Hall–Kier alpha value is -1.49. The molecule has 146 valence electrons. The van der Waals surface area contributed by atoms with Gasteiger partial charge in [-0.25, -0.2) is 8.42 Å². The van der Waals surface area contributed by atoms with Gasteiger partial charge in [0.1, 0.15) is 0 Å². The first-order chi connectivity index (χ1) is 11.9. The van der Waals surface area contributed by atoms with Crippen LogP contribution in [0.5, 0.6) is 0 Å². The maximum Gasteiger partial charge on any atom is 0.294 e. The van der Waals surface area contributed by atoms with Gasteiger partial charge < -0.3 is 5.73 Å². The summed E-state index contributed by atoms with van der Waals surface area (Å²) in [4.78, 5) is 11.6. The number of benzene rings is 1. The highest BCUT2D eigenvalue weighted by Crippen LogP contribution is 2.43. The van der Waals surface area contributed by atoms with Crippen LogP contribution in [0.3, 0.4) is 0 Å². The van der Waals surface area contributed by atoms with Crippen LogP contribution in [0.1, 0.15) is 38.2 Å². The maximum absolute atomic E-state index is 11.6. The van der Waals surface area contributed by atoms with Crippen molar-refractivity contribution >= 4 is 26.0 Å². The first-order valence-electron chi connectivity index (χ1n) is 8.29. The third-order valence-corrected chi connectivity index (χ3v) is 7.27. The van der Waals surface area contributed by atoms with Gasteiger partial charge in [-0.3, -0.25) is 14.1 Å². The van der Waals surface area contributed by atoms with Crippen molar-refractivity contribution in [3.63, 3.8) is 0 Å². The summed E-state index contributed by atoms with van der Waals surface area (Å²) in [6.45, 7) is 3.79. The SMILES string of the molecule is CC[C@@H]1C[C@]1(N)C(=O)NS(=O)(=O)C1CC1.Cc1ccc(S(=O)(=O)O)cc1. The van der Waals surface area contributed by atoms with Gasteiger partial charge in [0, 0.05) is 0 Å². The van der Waals surface area contributed by atoms with Crippen LogP contribution in [0, 0.1) is 12.8 Å². The molecule has 10 heteroatoms. The van der Waals surface area contributed by atoms with Crippen LogP contribution in [-0.2, 0) is 24.9 Å². The molecule has 4 N–H and O–H groups in total. The molecular weight excluding hydrogens is 380 g/mol. The second kappa shape index (κ2) is 7.26. The van der Waals surface area contributed by atoms with E-state index in [0.717, 1.165) is 12.0 Å². The van der Waals surface area contributed by atoms with Gasteiger partial charge in [-0.05, 0) is 44.2 Å². The van der Waals surface area contributed by atoms with Gasteiger partial charge in [0.05, 0.1) is 15.7 Å². The van der Waals surface area contributed by atoms with Gasteiger partial charge in [0.2, 0.25) is 10.0 Å². The summed E-state index contributed by atoms with van der Waals surface area (Å²) in [5.41, 5.74) is 5.82. The molecule has 0 unspecified atom stereocenters. The number of amides is 1. The van der Waals surface area contributed by atoms with Crippen molar-refractivity contribution in [1.29, 1.82) is 0 Å². The first-order valence-corrected chi connectivity index (χ1v) is 11.3. The molecule has 26 heavy (non-hydrogen) atoms. The Kier molecular flexibility index (Phi) is 5.81. The van der Waals surface area contributed by atoms with Crippen molar-refractivity contribution in [2.45, 2.75) is 55.2 Å². The van der Waals surface area contributed by atoms with Crippen molar-refractivity contribution in [3.05, 3.63) is 29.8 Å². The topological polar surface area (TPSA) is 144 Å². The van der Waals surface area contributed by atoms with Gasteiger partial charge in [-0.15, -0.1) is 0 Å². The normalized spacial score (nSPS) is 25.0. The van der Waals surface area contributed by atoms with Crippen molar-refractivity contribution in [2.75, 3.05) is 0 Å². The Morgan fingerprint density at radius 1 is 1.23 bits per heavy atom. The zero-order valence-corrected chi connectivity index (χ0v) is 16.3. The highest BCUT2D eigenvalue weighted by atomic mass is 32.2. The van der Waals surface area contributed by atoms with Crippen LogP contribution in [0.4, 0.5) is 0 Å². The van der Waals surface area contributed by atoms with Gasteiger partial charge >= 0.3 is 0 Å². The van der Waals surface area contributed by atoms with Crippen LogP contribution >= 0.6 is 0 Å². The molecule has 2 saturated carbocycles. The number of carbonyl (C=O) groups excluding carboxylic acids is 1. The van der Waals surface area contributed by atoms with E-state index in [1.165, 1.54) is 12.1 Å². The molecule has 8 nitrogen and oxygen atoms in total. The minimum atomic E-state index is -4.02. The third-order valence-electron chi connectivity index (χ3n) is 4.59. The lowest BCUT2D eigenvalue weighted by molar-refractivity contribution is -0.121. The number of aryl methyl sites for hydroxylation is 1. The molecule has 2 atom stereocenters. The Morgan fingerprint density at radius 3 is 2.15 bits per heavy atom. The molecule has 0 bridgehead atoms. The van der Waals surface area contributed by atoms with Gasteiger partial charge in [0.15, 0.2) is 0 Å². The van der Waals surface area contributed by atoms with E-state index in [2.05, 4.69) is 4.72 Å². The van der Waals surface area contributed by atoms with E-state index in [9.17, 15) is 21.6 Å². The Bertz CT molecular complexity index is 876. The van der Waals surface area contributed by atoms with Crippen LogP contribution in [-0.4, -0.2) is 38.1 Å². The molecule has 0 radical (unpaired) electrons. The summed E-state index contributed by atoms with van der Waals surface area (Å²) in [7, 11) is -7.46. The highest BCUT2D eigenvalue weighted by Gasteiger charge is 2.57. The molecule has 0 aliphatic heterocycles. The third kappa shape index (κ3) is 5.03. The van der Waals surface area contributed by atoms with Crippen molar-refractivity contribution in [1.82, 2.24) is 4.72 Å². The average molecular weight is 405 g/mol. The fourth-order valence-electron chi connectivity index (χ4n) is 2.53. The maximum atomic E-state index is 11.6. The summed E-state index contributed by atoms with van der Waals surface area (Å²) in [5.74, 6) is -0.395. The Labute approximate surface area is 154 Å². The Balaban J connectivity index is 0.000000197. The summed E-state index contributed by atoms with van der Waals surface area (Å²) < 4.78 is 54.6. The molecule has 1 aromatic rings. The molecule has 0 spiro atoms. The smallest absolute Gasteiger partial charge is 0.294 e. The predicted molar refractivity (Wildman–Crippen MR) is 96.4 cm³/mol. The zero-order chi connectivity index (χ0) is 19.8. The Morgan fingerprint density at radius 2 is 1.77 bits per heavy atom. The van der Waals surface area contributed by atoms with Crippen LogP contribution in [0.15, 0.2) is 29.2 Å². The summed E-state index contributed by atoms with van der Waals surface area (Å²) >= 11 is 0. The van der Waals surface area contributed by atoms with Crippen molar-refractivity contribution < 1.29 is 26.2 Å². The van der Waals surface area contributed by atoms with E-state index in [0.29, 0.717) is 19.3 Å². The van der Waals surface area contributed by atoms with Crippen LogP contribution in [0.2, 0.25) is 0 Å². The van der Waals surface area contributed by atoms with E-state index in [1.54, 1.807) is 12.1 Å². The summed E-state index contributed by atoms with van der Waals surface area (Å²) in [6.07, 6.45) is 2.71. The fourth-order valence-corrected chi connectivity index (χ4v) is 4.38. The molecule has 2 fully saturated rings. The lowest BCUT2D eigenvalue weighted by Crippen LogP contribution is -2.47. The average Bonchev–Trinajstić information content (AvgIpc) is 3.42. The van der Waals surface area contributed by atoms with Crippen LogP contribution < -0.4 is 10.5 Å². The number of hydrogen-bond acceptors (Lipinski definition) is 6. The monoisotopic (exact) mass is 404 g/mol. The number of hydrogen-bond donors (Lipinski definition) is 3. The van der Waals surface area contributed by atoms with Gasteiger partial charge in [-0.1, -0.05) is 31.0 Å². The standard InChI is InChI=1S/C9H16N2O3S.C7H8O3S/c1-2-6-5-9(6,10)8(12)11-15(13,14)7-3-4-7;1-6-2-4-7(5-3-6)11(8,9)10/h6-7H,2-5,10H2,1H3,(H,11,12);2-5H,1H3,(H,8,9,10)/t6-,9-;/m1./s1. The lowest BCUT2D eigenvalue weighted by atomic mass is 10.2. The quantitative estimate of drug-likeness (QED) is 0.620. The largest absolute Gasteiger partial charge is 0.317 e. The second-order valence-electron chi connectivity index (χ2n) is 6.81. The zero-order valence-electron chi connectivity index (χ0n) is 14.7. The molecule has 1 aromatic carbocycles. The number of rotatable bonds is 5. The first kappa shape index (κ1) is 20.8. The highest BCUT2D eigenvalue weighted by molar-refractivity contribution is 7.91. The number of nitrogens with one attached hydrogen (secondary N) is 1. The van der Waals surface area contributed by atoms with E-state index in [-0.39, 0.29) is 16.1 Å². The molecule has 0 saturated heterocycles. The molecule has 2 aliphatic carbocycles. The molecule has 0 aromatic heterocycles. The summed E-state index contributed by atoms with van der Waals surface area (Å²) in [6, 6.07) is 5.99. The molecule has 2 aliphatic rings. The molecule has 1 amide bonds. The fraction of sp³-hybridized carbons (Fsp3) is 0.562. The van der Waals surface area contributed by atoms with E-state index < -0.39 is 31.6 Å². The van der Waals surface area contributed by atoms with E-state index >= 15 is 0 Å².